The zero-order valence-electron chi connectivity index (χ0n) is 18.8. The summed E-state index contributed by atoms with van der Waals surface area (Å²) in [5.74, 6) is 2.07. The minimum atomic E-state index is -0.384. The van der Waals surface area contributed by atoms with Crippen LogP contribution in [0.2, 0.25) is 0 Å². The molecule has 3 aromatic carbocycles. The van der Waals surface area contributed by atoms with E-state index in [-0.39, 0.29) is 12.1 Å². The molecule has 1 atom stereocenters. The average molecular weight is 446 g/mol. The van der Waals surface area contributed by atoms with Crippen molar-refractivity contribution in [3.8, 4) is 17.2 Å². The molecule has 2 aliphatic rings. The Morgan fingerprint density at radius 2 is 1.76 bits per heavy atom. The van der Waals surface area contributed by atoms with Crippen LogP contribution in [-0.2, 0) is 0 Å². The van der Waals surface area contributed by atoms with Gasteiger partial charge in [0.05, 0.1) is 11.3 Å². The number of hydrogen-bond donors (Lipinski definition) is 1. The van der Waals surface area contributed by atoms with Crippen molar-refractivity contribution in [1.29, 1.82) is 0 Å². The number of likely N-dealkylation sites (N-methyl/N-ethyl adjacent to an activating group) is 1. The van der Waals surface area contributed by atoms with Gasteiger partial charge in [-0.2, -0.15) is 0 Å². The molecule has 1 amide bonds. The second-order valence-corrected chi connectivity index (χ2v) is 8.32. The summed E-state index contributed by atoms with van der Waals surface area (Å²) in [7, 11) is 4.03. The summed E-state index contributed by atoms with van der Waals surface area (Å²) in [6, 6.07) is 21.1. The van der Waals surface area contributed by atoms with Crippen LogP contribution in [0.3, 0.4) is 0 Å². The van der Waals surface area contributed by atoms with E-state index < -0.39 is 0 Å². The molecule has 0 saturated heterocycles. The molecule has 0 aliphatic carbocycles. The zero-order valence-corrected chi connectivity index (χ0v) is 18.8. The Labute approximate surface area is 193 Å². The maximum absolute atomic E-state index is 13.6. The van der Waals surface area contributed by atoms with Gasteiger partial charge in [0.2, 0.25) is 0 Å². The SMILES string of the molecule is CN(C)CCOc1ccc(C2Nc3ccccc3C(=O)N2c2ccc3c(c2)OCCO3)cc1. The first-order valence-electron chi connectivity index (χ1n) is 11.1. The molecule has 7 heteroatoms. The first-order chi connectivity index (χ1) is 16.1. The number of benzene rings is 3. The number of anilines is 2. The third-order valence-corrected chi connectivity index (χ3v) is 5.73. The number of rotatable bonds is 6. The highest BCUT2D eigenvalue weighted by atomic mass is 16.6. The molecule has 0 radical (unpaired) electrons. The highest BCUT2D eigenvalue weighted by molar-refractivity contribution is 6.12. The summed E-state index contributed by atoms with van der Waals surface area (Å²) in [5, 5.41) is 3.54. The van der Waals surface area contributed by atoms with Crippen LogP contribution in [0.4, 0.5) is 11.4 Å². The second kappa shape index (κ2) is 9.03. The van der Waals surface area contributed by atoms with E-state index in [1.54, 1.807) is 4.90 Å². The van der Waals surface area contributed by atoms with Crippen molar-refractivity contribution >= 4 is 17.3 Å². The molecule has 5 rings (SSSR count). The van der Waals surface area contributed by atoms with Gasteiger partial charge in [0.25, 0.3) is 5.91 Å². The lowest BCUT2D eigenvalue weighted by molar-refractivity contribution is 0.0974. The van der Waals surface area contributed by atoms with Crippen molar-refractivity contribution < 1.29 is 19.0 Å². The van der Waals surface area contributed by atoms with Crippen LogP contribution in [0.15, 0.2) is 66.7 Å². The topological polar surface area (TPSA) is 63.3 Å². The fourth-order valence-corrected chi connectivity index (χ4v) is 4.03. The Bertz CT molecular complexity index is 1150. The Balaban J connectivity index is 1.48. The number of hydrogen-bond acceptors (Lipinski definition) is 6. The molecular weight excluding hydrogens is 418 g/mol. The van der Waals surface area contributed by atoms with Crippen molar-refractivity contribution in [3.05, 3.63) is 77.9 Å². The third-order valence-electron chi connectivity index (χ3n) is 5.73. The normalized spacial score (nSPS) is 16.9. The first kappa shape index (κ1) is 21.2. The molecule has 2 heterocycles. The standard InChI is InChI=1S/C26H27N3O4/c1-28(2)13-14-31-20-10-7-18(8-11-20)25-27-22-6-4-3-5-21(22)26(30)29(25)19-9-12-23-24(17-19)33-16-15-32-23/h3-12,17,25,27H,13-16H2,1-2H3. The van der Waals surface area contributed by atoms with E-state index in [1.807, 2.05) is 80.8 Å². The van der Waals surface area contributed by atoms with E-state index in [0.717, 1.165) is 29.2 Å². The van der Waals surface area contributed by atoms with Crippen LogP contribution in [0.5, 0.6) is 17.2 Å². The van der Waals surface area contributed by atoms with Crippen LogP contribution < -0.4 is 24.4 Å². The predicted molar refractivity (Wildman–Crippen MR) is 128 cm³/mol. The lowest BCUT2D eigenvalue weighted by atomic mass is 10.0. The van der Waals surface area contributed by atoms with Crippen LogP contribution in [0, 0.1) is 0 Å². The van der Waals surface area contributed by atoms with Gasteiger partial charge in [-0.15, -0.1) is 0 Å². The van der Waals surface area contributed by atoms with E-state index in [9.17, 15) is 4.79 Å². The Morgan fingerprint density at radius 1 is 1.00 bits per heavy atom. The number of carbonyl (C=O) groups excluding carboxylic acids is 1. The van der Waals surface area contributed by atoms with Crippen molar-refractivity contribution in [2.24, 2.45) is 0 Å². The molecule has 1 N–H and O–H groups in total. The highest BCUT2D eigenvalue weighted by Crippen LogP contribution is 2.40. The fourth-order valence-electron chi connectivity index (χ4n) is 4.03. The molecule has 0 spiro atoms. The summed E-state index contributed by atoms with van der Waals surface area (Å²) in [6.07, 6.45) is -0.384. The van der Waals surface area contributed by atoms with Gasteiger partial charge >= 0.3 is 0 Å². The monoisotopic (exact) mass is 445 g/mol. The summed E-state index contributed by atoms with van der Waals surface area (Å²) >= 11 is 0. The second-order valence-electron chi connectivity index (χ2n) is 8.32. The van der Waals surface area contributed by atoms with Crippen molar-refractivity contribution in [2.75, 3.05) is 50.7 Å². The summed E-state index contributed by atoms with van der Waals surface area (Å²) in [6.45, 7) is 2.47. The quantitative estimate of drug-likeness (QED) is 0.615. The van der Waals surface area contributed by atoms with Crippen molar-refractivity contribution in [3.63, 3.8) is 0 Å². The maximum Gasteiger partial charge on any atom is 0.262 e. The highest BCUT2D eigenvalue weighted by Gasteiger charge is 2.34. The van der Waals surface area contributed by atoms with Gasteiger partial charge in [0.15, 0.2) is 11.5 Å². The first-order valence-corrected chi connectivity index (χ1v) is 11.1. The number of nitrogens with zero attached hydrogens (tertiary/aromatic N) is 2. The third kappa shape index (κ3) is 4.32. The van der Waals surface area contributed by atoms with E-state index >= 15 is 0 Å². The predicted octanol–water partition coefficient (Wildman–Crippen LogP) is 4.17. The minimum absolute atomic E-state index is 0.0719. The van der Waals surface area contributed by atoms with Gasteiger partial charge in [-0.3, -0.25) is 9.69 Å². The van der Waals surface area contributed by atoms with Gasteiger partial charge in [0, 0.05) is 18.3 Å². The van der Waals surface area contributed by atoms with E-state index in [2.05, 4.69) is 10.2 Å². The van der Waals surface area contributed by atoms with Crippen LogP contribution in [0.1, 0.15) is 22.1 Å². The van der Waals surface area contributed by atoms with Crippen LogP contribution >= 0.6 is 0 Å². The largest absolute Gasteiger partial charge is 0.492 e. The number of fused-ring (bicyclic) bond motifs is 2. The zero-order chi connectivity index (χ0) is 22.8. The number of para-hydroxylation sites is 1. The molecular formula is C26H27N3O4. The molecule has 0 saturated carbocycles. The van der Waals surface area contributed by atoms with Crippen molar-refractivity contribution in [1.82, 2.24) is 4.90 Å². The number of carbonyl (C=O) groups is 1. The molecule has 2 aliphatic heterocycles. The molecule has 7 nitrogen and oxygen atoms in total. The van der Waals surface area contributed by atoms with E-state index in [4.69, 9.17) is 14.2 Å². The smallest absolute Gasteiger partial charge is 0.262 e. The lowest BCUT2D eigenvalue weighted by Crippen LogP contribution is -2.43. The summed E-state index contributed by atoms with van der Waals surface area (Å²) in [5.41, 5.74) is 3.13. The number of ether oxygens (including phenoxy) is 3. The molecule has 0 bridgehead atoms. The van der Waals surface area contributed by atoms with Crippen LogP contribution in [0.25, 0.3) is 0 Å². The Hall–Kier alpha value is -3.71. The number of nitrogens with one attached hydrogen (secondary N) is 1. The molecule has 1 unspecified atom stereocenters. The average Bonchev–Trinajstić information content (AvgIpc) is 2.84. The lowest BCUT2D eigenvalue weighted by Gasteiger charge is -2.38. The minimum Gasteiger partial charge on any atom is -0.492 e. The molecule has 33 heavy (non-hydrogen) atoms. The van der Waals surface area contributed by atoms with E-state index in [0.29, 0.717) is 36.9 Å². The molecule has 170 valence electrons. The summed E-state index contributed by atoms with van der Waals surface area (Å²) < 4.78 is 17.3. The van der Waals surface area contributed by atoms with Gasteiger partial charge in [-0.25, -0.2) is 0 Å². The van der Waals surface area contributed by atoms with Gasteiger partial charge in [-0.05, 0) is 56.1 Å². The van der Waals surface area contributed by atoms with Crippen molar-refractivity contribution in [2.45, 2.75) is 6.17 Å². The molecule has 0 aromatic heterocycles. The summed E-state index contributed by atoms with van der Waals surface area (Å²) in [4.78, 5) is 17.5. The number of amides is 1. The van der Waals surface area contributed by atoms with Gasteiger partial charge in [0.1, 0.15) is 31.7 Å². The van der Waals surface area contributed by atoms with Crippen LogP contribution in [-0.4, -0.2) is 51.3 Å². The van der Waals surface area contributed by atoms with Gasteiger partial charge < -0.3 is 24.4 Å². The fraction of sp³-hybridized carbons (Fsp3) is 0.269. The van der Waals surface area contributed by atoms with E-state index in [1.165, 1.54) is 0 Å². The van der Waals surface area contributed by atoms with Gasteiger partial charge in [-0.1, -0.05) is 24.3 Å². The maximum atomic E-state index is 13.6. The Kier molecular flexibility index (Phi) is 5.79. The molecule has 0 fully saturated rings. The Morgan fingerprint density at radius 3 is 2.55 bits per heavy atom. The molecule has 3 aromatic rings.